The maximum Gasteiger partial charge on any atom is 0.113 e. The molecule has 2 aliphatic carbocycles. The Morgan fingerprint density at radius 3 is 2.84 bits per heavy atom. The molecule has 4 heteroatoms. The average molecular weight is 291 g/mol. The Morgan fingerprint density at radius 2 is 2.05 bits per heavy atom. The number of aromatic nitrogens is 1. The second-order valence-electron chi connectivity index (χ2n) is 5.63. The minimum atomic E-state index is -0.165. The minimum Gasteiger partial charge on any atom is -0.319 e. The van der Waals surface area contributed by atoms with Crippen LogP contribution in [0.4, 0.5) is 0 Å². The zero-order valence-corrected chi connectivity index (χ0v) is 12.2. The first-order valence-corrected chi connectivity index (χ1v) is 7.93. The molecule has 2 N–H and O–H groups in total. The number of fused-ring (bicyclic) bond motifs is 3. The highest BCUT2D eigenvalue weighted by atomic mass is 35.5. The van der Waals surface area contributed by atoms with Crippen LogP contribution in [0, 0.1) is 0 Å². The van der Waals surface area contributed by atoms with Crippen molar-refractivity contribution in [1.82, 2.24) is 4.98 Å². The predicted molar refractivity (Wildman–Crippen MR) is 79.7 cm³/mol. The van der Waals surface area contributed by atoms with Crippen LogP contribution in [0.3, 0.4) is 0 Å². The van der Waals surface area contributed by atoms with E-state index in [1.807, 2.05) is 6.07 Å². The summed E-state index contributed by atoms with van der Waals surface area (Å²) >= 11 is 7.85. The van der Waals surface area contributed by atoms with Crippen LogP contribution in [0.25, 0.3) is 11.3 Å². The van der Waals surface area contributed by atoms with E-state index in [-0.39, 0.29) is 5.54 Å². The number of halogens is 1. The van der Waals surface area contributed by atoms with Crippen LogP contribution in [0.2, 0.25) is 5.02 Å². The lowest BCUT2D eigenvalue weighted by atomic mass is 10.0. The Labute approximate surface area is 121 Å². The van der Waals surface area contributed by atoms with E-state index < -0.39 is 0 Å². The molecule has 0 unspecified atom stereocenters. The van der Waals surface area contributed by atoms with Crippen molar-refractivity contribution in [3.63, 3.8) is 0 Å². The summed E-state index contributed by atoms with van der Waals surface area (Å²) in [7, 11) is 0. The fourth-order valence-electron chi connectivity index (χ4n) is 3.23. The van der Waals surface area contributed by atoms with Crippen molar-refractivity contribution in [3.05, 3.63) is 38.7 Å². The molecule has 1 heterocycles. The fraction of sp³-hybridized carbons (Fsp3) is 0.400. The Bertz CT molecular complexity index is 656. The molecule has 1 aromatic heterocycles. The van der Waals surface area contributed by atoms with Crippen LogP contribution in [-0.4, -0.2) is 4.98 Å². The smallest absolute Gasteiger partial charge is 0.113 e. The molecule has 0 saturated heterocycles. The van der Waals surface area contributed by atoms with Crippen LogP contribution in [0.5, 0.6) is 0 Å². The molecule has 0 amide bonds. The zero-order chi connectivity index (χ0) is 13.0. The Hall–Kier alpha value is -0.900. The molecular weight excluding hydrogens is 276 g/mol. The van der Waals surface area contributed by atoms with Crippen molar-refractivity contribution < 1.29 is 0 Å². The Balaban J connectivity index is 1.79. The third kappa shape index (κ3) is 1.76. The van der Waals surface area contributed by atoms with Crippen LogP contribution in [0.15, 0.2) is 18.2 Å². The summed E-state index contributed by atoms with van der Waals surface area (Å²) in [5.74, 6) is 0. The van der Waals surface area contributed by atoms with E-state index in [1.165, 1.54) is 28.8 Å². The van der Waals surface area contributed by atoms with Gasteiger partial charge >= 0.3 is 0 Å². The van der Waals surface area contributed by atoms with Crippen molar-refractivity contribution in [2.24, 2.45) is 5.73 Å². The normalized spacial score (nSPS) is 19.5. The van der Waals surface area contributed by atoms with Gasteiger partial charge in [-0.2, -0.15) is 0 Å². The fourth-order valence-corrected chi connectivity index (χ4v) is 4.68. The third-order valence-corrected chi connectivity index (χ3v) is 5.80. The average Bonchev–Trinajstić information content (AvgIpc) is 3.02. The van der Waals surface area contributed by atoms with Gasteiger partial charge in [0.05, 0.1) is 11.2 Å². The number of benzene rings is 1. The maximum atomic E-state index is 6.51. The summed E-state index contributed by atoms with van der Waals surface area (Å²) in [5.41, 5.74) is 10.0. The zero-order valence-electron chi connectivity index (χ0n) is 10.6. The van der Waals surface area contributed by atoms with E-state index in [0.29, 0.717) is 0 Å². The van der Waals surface area contributed by atoms with E-state index in [0.717, 1.165) is 35.0 Å². The summed E-state index contributed by atoms with van der Waals surface area (Å²) in [4.78, 5) is 6.22. The molecule has 1 fully saturated rings. The maximum absolute atomic E-state index is 6.51. The summed E-state index contributed by atoms with van der Waals surface area (Å²) in [5, 5.41) is 1.94. The molecular formula is C15H15ClN2S. The Kier molecular flexibility index (Phi) is 2.53. The van der Waals surface area contributed by atoms with Gasteiger partial charge in [-0.1, -0.05) is 30.5 Å². The molecule has 0 radical (unpaired) electrons. The van der Waals surface area contributed by atoms with Crippen LogP contribution < -0.4 is 5.73 Å². The van der Waals surface area contributed by atoms with Crippen molar-refractivity contribution in [3.8, 4) is 11.3 Å². The van der Waals surface area contributed by atoms with Crippen molar-refractivity contribution in [2.75, 3.05) is 0 Å². The Morgan fingerprint density at radius 1 is 1.26 bits per heavy atom. The van der Waals surface area contributed by atoms with Gasteiger partial charge in [-0.3, -0.25) is 0 Å². The van der Waals surface area contributed by atoms with Crippen LogP contribution in [0.1, 0.15) is 41.1 Å². The molecule has 2 aliphatic rings. The number of nitrogens with zero attached hydrogens (tertiary/aromatic N) is 1. The molecule has 0 aliphatic heterocycles. The molecule has 2 aromatic rings. The lowest BCUT2D eigenvalue weighted by Gasteiger charge is -2.20. The lowest BCUT2D eigenvalue weighted by molar-refractivity contribution is 0.459. The molecule has 0 bridgehead atoms. The minimum absolute atomic E-state index is 0.165. The summed E-state index contributed by atoms with van der Waals surface area (Å²) in [6, 6.07) is 6.09. The van der Waals surface area contributed by atoms with Gasteiger partial charge in [0.15, 0.2) is 0 Å². The highest BCUT2D eigenvalue weighted by molar-refractivity contribution is 7.12. The van der Waals surface area contributed by atoms with Gasteiger partial charge in [-0.15, -0.1) is 11.3 Å². The van der Waals surface area contributed by atoms with Gasteiger partial charge in [-0.05, 0) is 30.5 Å². The molecule has 1 aromatic carbocycles. The van der Waals surface area contributed by atoms with E-state index >= 15 is 0 Å². The van der Waals surface area contributed by atoms with Gasteiger partial charge in [0, 0.05) is 21.9 Å². The van der Waals surface area contributed by atoms with Crippen molar-refractivity contribution >= 4 is 22.9 Å². The number of rotatable bonds is 1. The first kappa shape index (κ1) is 11.9. The number of hydrogen-bond donors (Lipinski definition) is 1. The highest BCUT2D eigenvalue weighted by Crippen LogP contribution is 2.45. The van der Waals surface area contributed by atoms with Crippen LogP contribution in [-0.2, 0) is 12.0 Å². The lowest BCUT2D eigenvalue weighted by Crippen LogP contribution is -2.32. The van der Waals surface area contributed by atoms with Gasteiger partial charge in [0.1, 0.15) is 5.01 Å². The SMILES string of the molecule is NC1(c2nc3c(s2)Cc2cc(Cl)ccc2-3)CCCC1. The first-order chi connectivity index (χ1) is 9.16. The molecule has 98 valence electrons. The van der Waals surface area contributed by atoms with Crippen molar-refractivity contribution in [1.29, 1.82) is 0 Å². The molecule has 1 saturated carbocycles. The van der Waals surface area contributed by atoms with Crippen molar-refractivity contribution in [2.45, 2.75) is 37.6 Å². The third-order valence-electron chi connectivity index (χ3n) is 4.29. The number of nitrogens with two attached hydrogens (primary N) is 1. The monoisotopic (exact) mass is 290 g/mol. The second-order valence-corrected chi connectivity index (χ2v) is 7.15. The van der Waals surface area contributed by atoms with E-state index in [2.05, 4.69) is 12.1 Å². The van der Waals surface area contributed by atoms with E-state index in [9.17, 15) is 0 Å². The number of thiazole rings is 1. The van der Waals surface area contributed by atoms with Gasteiger partial charge in [0.2, 0.25) is 0 Å². The van der Waals surface area contributed by atoms with E-state index in [4.69, 9.17) is 22.3 Å². The van der Waals surface area contributed by atoms with E-state index in [1.54, 1.807) is 11.3 Å². The van der Waals surface area contributed by atoms with Gasteiger partial charge < -0.3 is 5.73 Å². The summed E-state index contributed by atoms with van der Waals surface area (Å²) in [6.07, 6.45) is 5.57. The second kappa shape index (κ2) is 4.05. The molecule has 2 nitrogen and oxygen atoms in total. The molecule has 19 heavy (non-hydrogen) atoms. The van der Waals surface area contributed by atoms with Crippen LogP contribution >= 0.6 is 22.9 Å². The molecule has 0 atom stereocenters. The largest absolute Gasteiger partial charge is 0.319 e. The highest BCUT2D eigenvalue weighted by Gasteiger charge is 2.36. The van der Waals surface area contributed by atoms with Gasteiger partial charge in [-0.25, -0.2) is 4.98 Å². The predicted octanol–water partition coefficient (Wildman–Crippen LogP) is 4.10. The summed E-state index contributed by atoms with van der Waals surface area (Å²) in [6.45, 7) is 0. The summed E-state index contributed by atoms with van der Waals surface area (Å²) < 4.78 is 0. The topological polar surface area (TPSA) is 38.9 Å². The molecule has 0 spiro atoms. The number of hydrogen-bond acceptors (Lipinski definition) is 3. The molecule has 4 rings (SSSR count). The standard InChI is InChI=1S/C15H15ClN2S/c16-10-3-4-11-9(7-10)8-12-13(11)18-14(19-12)15(17)5-1-2-6-15/h3-4,7H,1-2,5-6,8,17H2. The first-order valence-electron chi connectivity index (χ1n) is 6.74. The quantitative estimate of drug-likeness (QED) is 0.733. The van der Waals surface area contributed by atoms with Gasteiger partial charge in [0.25, 0.3) is 0 Å².